The van der Waals surface area contributed by atoms with Crippen LogP contribution in [0.4, 0.5) is 0 Å². The van der Waals surface area contributed by atoms with Gasteiger partial charge in [-0.3, -0.25) is 0 Å². The maximum Gasteiger partial charge on any atom is 0.247 e. The molecule has 3 aromatic rings. The summed E-state index contributed by atoms with van der Waals surface area (Å²) in [6.07, 6.45) is 9.70. The average Bonchev–Trinajstić information content (AvgIpc) is 2.92. The minimum atomic E-state index is -4.94. The molecule has 0 saturated heterocycles. The van der Waals surface area contributed by atoms with E-state index < -0.39 is 10.2 Å². The summed E-state index contributed by atoms with van der Waals surface area (Å²) < 4.78 is 37.8. The first kappa shape index (κ1) is 18.2. The smallest absolute Gasteiger partial charge is 0.230 e. The molecule has 0 aliphatic carbocycles. The summed E-state index contributed by atoms with van der Waals surface area (Å²) in [6, 6.07) is 6.18. The van der Waals surface area contributed by atoms with Crippen LogP contribution in [0.2, 0.25) is 0 Å². The highest BCUT2D eigenvalue weighted by atomic mass is 35.7. The summed E-state index contributed by atoms with van der Waals surface area (Å²) in [6.45, 7) is 6.64. The summed E-state index contributed by atoms with van der Waals surface area (Å²) in [5.74, 6) is 0. The predicted octanol–water partition coefficient (Wildman–Crippen LogP) is -2.45. The van der Waals surface area contributed by atoms with Crippen molar-refractivity contribution in [3.05, 3.63) is 54.7 Å². The van der Waals surface area contributed by atoms with Gasteiger partial charge < -0.3 is 0 Å². The van der Waals surface area contributed by atoms with Crippen molar-refractivity contribution in [3.63, 3.8) is 0 Å². The quantitative estimate of drug-likeness (QED) is 0.447. The van der Waals surface area contributed by atoms with Gasteiger partial charge in [0, 0.05) is 18.2 Å². The average molecular weight is 353 g/mol. The molecule has 8 nitrogen and oxygen atoms in total. The molecule has 0 aliphatic rings. The first-order valence-corrected chi connectivity index (χ1v) is 8.21. The summed E-state index contributed by atoms with van der Waals surface area (Å²) in [7, 11) is -4.94. The summed E-state index contributed by atoms with van der Waals surface area (Å²) in [4.78, 5) is 4.37. The molecule has 0 fully saturated rings. The molecule has 9 heteroatoms. The van der Waals surface area contributed by atoms with E-state index in [1.807, 2.05) is 23.0 Å². The van der Waals surface area contributed by atoms with Gasteiger partial charge in [0.1, 0.15) is 12.4 Å². The lowest BCUT2D eigenvalue weighted by atomic mass is 9.88. The Morgan fingerprint density at radius 3 is 2.17 bits per heavy atom. The SMILES string of the molecule is CC(C)(C)c1cc[n+](-c2cnc3ccnn3c2)cc1.[O-][Cl+3]([O-])([O-])[O-]. The molecule has 0 N–H and O–H groups in total. The molecule has 0 spiro atoms. The Morgan fingerprint density at radius 2 is 1.62 bits per heavy atom. The van der Waals surface area contributed by atoms with Crippen LogP contribution in [0.1, 0.15) is 26.3 Å². The molecule has 128 valence electrons. The van der Waals surface area contributed by atoms with Crippen LogP contribution in [0.5, 0.6) is 0 Å². The van der Waals surface area contributed by atoms with Crippen molar-refractivity contribution >= 4 is 5.65 Å². The van der Waals surface area contributed by atoms with Gasteiger partial charge in [-0.25, -0.2) is 28.1 Å². The molecule has 24 heavy (non-hydrogen) atoms. The lowest BCUT2D eigenvalue weighted by molar-refractivity contribution is -2.00. The van der Waals surface area contributed by atoms with Crippen molar-refractivity contribution in [2.75, 3.05) is 0 Å². The van der Waals surface area contributed by atoms with Gasteiger partial charge in [-0.1, -0.05) is 20.8 Å². The minimum absolute atomic E-state index is 0.170. The van der Waals surface area contributed by atoms with E-state index in [0.717, 1.165) is 11.3 Å². The van der Waals surface area contributed by atoms with Crippen LogP contribution in [0.3, 0.4) is 0 Å². The highest BCUT2D eigenvalue weighted by molar-refractivity contribution is 5.37. The number of hydrogen-bond donors (Lipinski definition) is 0. The molecule has 0 unspecified atom stereocenters. The number of pyridine rings is 1. The van der Waals surface area contributed by atoms with Crippen molar-refractivity contribution < 1.29 is 33.4 Å². The fraction of sp³-hybridized carbons (Fsp3) is 0.267. The lowest BCUT2D eigenvalue weighted by Crippen LogP contribution is -2.68. The second-order valence-corrected chi connectivity index (χ2v) is 6.82. The Kier molecular flexibility index (Phi) is 5.16. The van der Waals surface area contributed by atoms with Crippen LogP contribution < -0.4 is 23.2 Å². The van der Waals surface area contributed by atoms with Crippen LogP contribution in [0.25, 0.3) is 11.3 Å². The van der Waals surface area contributed by atoms with Crippen molar-refractivity contribution in [3.8, 4) is 5.69 Å². The van der Waals surface area contributed by atoms with E-state index in [1.165, 1.54) is 5.56 Å². The van der Waals surface area contributed by atoms with Crippen LogP contribution in [-0.4, -0.2) is 14.6 Å². The Labute approximate surface area is 141 Å². The van der Waals surface area contributed by atoms with E-state index >= 15 is 0 Å². The Hall–Kier alpha value is -2.10. The third-order valence-electron chi connectivity index (χ3n) is 3.23. The van der Waals surface area contributed by atoms with Crippen molar-refractivity contribution in [2.24, 2.45) is 0 Å². The second-order valence-electron chi connectivity index (χ2n) is 6.07. The van der Waals surface area contributed by atoms with Gasteiger partial charge in [0.2, 0.25) is 5.69 Å². The number of halogens is 1. The zero-order valence-electron chi connectivity index (χ0n) is 13.4. The van der Waals surface area contributed by atoms with E-state index in [-0.39, 0.29) is 5.41 Å². The minimum Gasteiger partial charge on any atom is -0.230 e. The van der Waals surface area contributed by atoms with E-state index in [4.69, 9.17) is 18.6 Å². The summed E-state index contributed by atoms with van der Waals surface area (Å²) >= 11 is 0. The fourth-order valence-electron chi connectivity index (χ4n) is 2.03. The number of nitrogens with zero attached hydrogens (tertiary/aromatic N) is 4. The van der Waals surface area contributed by atoms with Gasteiger partial charge >= 0.3 is 0 Å². The highest BCUT2D eigenvalue weighted by Crippen LogP contribution is 2.20. The number of fused-ring (bicyclic) bond motifs is 1. The molecular weight excluding hydrogens is 336 g/mol. The van der Waals surface area contributed by atoms with Crippen LogP contribution in [0.15, 0.2) is 49.2 Å². The third-order valence-corrected chi connectivity index (χ3v) is 3.23. The van der Waals surface area contributed by atoms with Gasteiger partial charge in [-0.05, 0) is 11.0 Å². The highest BCUT2D eigenvalue weighted by Gasteiger charge is 2.16. The molecule has 0 aliphatic heterocycles. The molecule has 0 radical (unpaired) electrons. The van der Waals surface area contributed by atoms with E-state index in [9.17, 15) is 0 Å². The monoisotopic (exact) mass is 352 g/mol. The van der Waals surface area contributed by atoms with Gasteiger partial charge in [0.25, 0.3) is 0 Å². The summed E-state index contributed by atoms with van der Waals surface area (Å²) in [5.41, 5.74) is 3.34. The van der Waals surface area contributed by atoms with E-state index in [1.54, 1.807) is 10.7 Å². The summed E-state index contributed by atoms with van der Waals surface area (Å²) in [5, 5.41) is 4.20. The molecule has 0 atom stereocenters. The van der Waals surface area contributed by atoms with E-state index in [0.29, 0.717) is 0 Å². The van der Waals surface area contributed by atoms with Gasteiger partial charge in [0.15, 0.2) is 18.0 Å². The predicted molar refractivity (Wildman–Crippen MR) is 73.2 cm³/mol. The Morgan fingerprint density at radius 1 is 1.04 bits per heavy atom. The van der Waals surface area contributed by atoms with Crippen LogP contribution in [0, 0.1) is 10.2 Å². The molecule has 0 saturated carbocycles. The maximum atomic E-state index is 8.49. The Bertz CT molecular complexity index is 801. The fourth-order valence-corrected chi connectivity index (χ4v) is 2.03. The molecule has 0 aromatic carbocycles. The molecule has 0 bridgehead atoms. The molecular formula is C15H17ClN4O4. The normalized spacial score (nSPS) is 12.0. The van der Waals surface area contributed by atoms with Crippen molar-refractivity contribution in [1.29, 1.82) is 0 Å². The van der Waals surface area contributed by atoms with Gasteiger partial charge in [-0.15, -0.1) is 10.2 Å². The molecule has 0 amide bonds. The maximum absolute atomic E-state index is 8.49. The number of rotatable bonds is 1. The van der Waals surface area contributed by atoms with Gasteiger partial charge in [-0.2, -0.15) is 9.67 Å². The zero-order chi connectivity index (χ0) is 18.0. The van der Waals surface area contributed by atoms with Crippen molar-refractivity contribution in [2.45, 2.75) is 26.2 Å². The third kappa shape index (κ3) is 5.22. The largest absolute Gasteiger partial charge is 0.247 e. The van der Waals surface area contributed by atoms with Crippen LogP contribution in [-0.2, 0) is 5.41 Å². The zero-order valence-corrected chi connectivity index (χ0v) is 14.2. The van der Waals surface area contributed by atoms with Crippen LogP contribution >= 0.6 is 0 Å². The van der Waals surface area contributed by atoms with Crippen molar-refractivity contribution in [1.82, 2.24) is 14.6 Å². The standard InChI is InChI=1S/C15H17N4.ClHO4/c1-15(2,3)12-5-8-18(9-6-12)13-10-16-14-4-7-17-19(14)11-13;2-1(3,4)5/h4-11H,1-3H3;(H,2,3,4,5)/q+1;/p-1. The Balaban J connectivity index is 0.000000368. The first-order valence-electron chi connectivity index (χ1n) is 6.97. The second kappa shape index (κ2) is 6.80. The van der Waals surface area contributed by atoms with Gasteiger partial charge in [0.05, 0.1) is 6.20 Å². The molecule has 3 aromatic heterocycles. The molecule has 3 heterocycles. The number of hydrogen-bond acceptors (Lipinski definition) is 6. The first-order chi connectivity index (χ1) is 11.0. The topological polar surface area (TPSA) is 126 Å². The molecule has 3 rings (SSSR count). The lowest BCUT2D eigenvalue weighted by Gasteiger charge is -2.17. The number of aromatic nitrogens is 4. The van der Waals surface area contributed by atoms with E-state index in [2.05, 4.69) is 55.4 Å².